The Morgan fingerprint density at radius 3 is 0.967 bits per heavy atom. The van der Waals surface area contributed by atoms with E-state index >= 15 is 0 Å². The van der Waals surface area contributed by atoms with Crippen LogP contribution in [0.15, 0.2) is 0 Å². The second kappa shape index (κ2) is 27.0. The van der Waals surface area contributed by atoms with E-state index in [-0.39, 0.29) is 6.10 Å². The predicted octanol–water partition coefficient (Wildman–Crippen LogP) is 9.11. The van der Waals surface area contributed by atoms with Crippen LogP contribution in [0.2, 0.25) is 0 Å². The van der Waals surface area contributed by atoms with Gasteiger partial charge in [-0.3, -0.25) is 0 Å². The van der Waals surface area contributed by atoms with E-state index in [0.29, 0.717) is 6.61 Å². The molecule has 0 saturated carbocycles. The van der Waals surface area contributed by atoms with Gasteiger partial charge in [0.05, 0.1) is 6.10 Å². The fourth-order valence-electron chi connectivity index (χ4n) is 4.45. The zero-order valence-electron chi connectivity index (χ0n) is 20.9. The van der Waals surface area contributed by atoms with Crippen molar-refractivity contribution in [2.24, 2.45) is 0 Å². The van der Waals surface area contributed by atoms with E-state index in [1.807, 2.05) is 0 Å². The van der Waals surface area contributed by atoms with Crippen LogP contribution < -0.4 is 0 Å². The number of aliphatic hydroxyl groups excluding tert-OH is 2. The molecule has 0 aromatic carbocycles. The van der Waals surface area contributed by atoms with Crippen LogP contribution in [0.4, 0.5) is 0 Å². The van der Waals surface area contributed by atoms with Crippen LogP contribution in [-0.4, -0.2) is 22.9 Å². The molecule has 0 rings (SSSR count). The Morgan fingerprint density at radius 1 is 0.400 bits per heavy atom. The molecule has 0 aliphatic carbocycles. The molecule has 0 fully saturated rings. The third-order valence-electron chi connectivity index (χ3n) is 6.59. The molecule has 182 valence electrons. The molecular weight excluding hydrogens is 368 g/mol. The molecule has 0 amide bonds. The summed E-state index contributed by atoms with van der Waals surface area (Å²) in [4.78, 5) is 0. The summed E-state index contributed by atoms with van der Waals surface area (Å²) in [5.41, 5.74) is 0. The van der Waals surface area contributed by atoms with Crippen molar-refractivity contribution in [1.82, 2.24) is 0 Å². The van der Waals surface area contributed by atoms with Gasteiger partial charge in [0, 0.05) is 6.61 Å². The van der Waals surface area contributed by atoms with Crippen LogP contribution >= 0.6 is 0 Å². The molecule has 30 heavy (non-hydrogen) atoms. The van der Waals surface area contributed by atoms with Gasteiger partial charge >= 0.3 is 0 Å². The first kappa shape index (κ1) is 29.9. The van der Waals surface area contributed by atoms with Crippen molar-refractivity contribution in [3.8, 4) is 0 Å². The minimum absolute atomic E-state index is 0.0706. The van der Waals surface area contributed by atoms with Crippen LogP contribution in [0.1, 0.15) is 167 Å². The molecule has 2 nitrogen and oxygen atoms in total. The maximum absolute atomic E-state index is 10.1. The minimum Gasteiger partial charge on any atom is -0.396 e. The quantitative estimate of drug-likeness (QED) is 0.135. The molecular formula is C28H58O2. The highest BCUT2D eigenvalue weighted by atomic mass is 16.3. The third kappa shape index (κ3) is 26.0. The summed E-state index contributed by atoms with van der Waals surface area (Å²) in [6.45, 7) is 2.62. The summed E-state index contributed by atoms with van der Waals surface area (Å²) in [6.07, 6.45) is 32.9. The molecule has 0 spiro atoms. The average Bonchev–Trinajstić information content (AvgIpc) is 2.75. The monoisotopic (exact) mass is 426 g/mol. The molecule has 0 aromatic rings. The summed E-state index contributed by atoms with van der Waals surface area (Å²) in [5, 5.41) is 18.8. The topological polar surface area (TPSA) is 40.5 Å². The Bertz CT molecular complexity index is 292. The van der Waals surface area contributed by atoms with Crippen LogP contribution in [0.3, 0.4) is 0 Å². The van der Waals surface area contributed by atoms with E-state index in [0.717, 1.165) is 25.7 Å². The van der Waals surface area contributed by atoms with Gasteiger partial charge in [-0.25, -0.2) is 0 Å². The van der Waals surface area contributed by atoms with Crippen molar-refractivity contribution < 1.29 is 10.2 Å². The molecule has 0 radical (unpaired) electrons. The zero-order chi connectivity index (χ0) is 22.0. The van der Waals surface area contributed by atoms with Gasteiger partial charge in [0.2, 0.25) is 0 Å². The average molecular weight is 427 g/mol. The Labute approximate surface area is 190 Å². The van der Waals surface area contributed by atoms with Gasteiger partial charge in [-0.05, 0) is 19.3 Å². The Balaban J connectivity index is 3.10. The Kier molecular flexibility index (Phi) is 26.9. The molecule has 0 aliphatic heterocycles. The molecule has 2 N–H and O–H groups in total. The maximum Gasteiger partial charge on any atom is 0.0540 e. The molecule has 0 aromatic heterocycles. The second-order valence-electron chi connectivity index (χ2n) is 9.73. The minimum atomic E-state index is -0.0706. The highest BCUT2D eigenvalue weighted by Crippen LogP contribution is 2.16. The van der Waals surface area contributed by atoms with E-state index in [4.69, 9.17) is 5.11 Å². The van der Waals surface area contributed by atoms with Crippen molar-refractivity contribution >= 4 is 0 Å². The fraction of sp³-hybridized carbons (Fsp3) is 1.00. The highest BCUT2D eigenvalue weighted by molar-refractivity contribution is 4.58. The smallest absolute Gasteiger partial charge is 0.0540 e. The summed E-state index contributed by atoms with van der Waals surface area (Å²) < 4.78 is 0. The molecule has 2 heteroatoms. The molecule has 0 unspecified atom stereocenters. The summed E-state index contributed by atoms with van der Waals surface area (Å²) in [5.74, 6) is 0. The van der Waals surface area contributed by atoms with Gasteiger partial charge < -0.3 is 10.2 Å². The number of hydrogen-bond donors (Lipinski definition) is 2. The van der Waals surface area contributed by atoms with Crippen molar-refractivity contribution in [1.29, 1.82) is 0 Å². The van der Waals surface area contributed by atoms with E-state index in [1.54, 1.807) is 0 Å². The first-order valence-corrected chi connectivity index (χ1v) is 14.1. The van der Waals surface area contributed by atoms with Gasteiger partial charge in [0.25, 0.3) is 0 Å². The lowest BCUT2D eigenvalue weighted by atomic mass is 10.0. The summed E-state index contributed by atoms with van der Waals surface area (Å²) >= 11 is 0. The first-order chi connectivity index (χ1) is 14.8. The van der Waals surface area contributed by atoms with E-state index in [2.05, 4.69) is 6.92 Å². The third-order valence-corrected chi connectivity index (χ3v) is 6.59. The number of hydrogen-bond acceptors (Lipinski definition) is 2. The second-order valence-corrected chi connectivity index (χ2v) is 9.73. The van der Waals surface area contributed by atoms with Crippen LogP contribution in [0.5, 0.6) is 0 Å². The van der Waals surface area contributed by atoms with Crippen LogP contribution in [0, 0.1) is 0 Å². The molecule has 1 atom stereocenters. The van der Waals surface area contributed by atoms with E-state index in [1.165, 1.54) is 135 Å². The van der Waals surface area contributed by atoms with Gasteiger partial charge in [0.15, 0.2) is 0 Å². The SMILES string of the molecule is CCCCCCCCCCCCCCCCCCC[C@H](O)CCCCCCCCO. The van der Waals surface area contributed by atoms with Gasteiger partial charge in [-0.1, -0.05) is 148 Å². The van der Waals surface area contributed by atoms with Crippen LogP contribution in [0.25, 0.3) is 0 Å². The lowest BCUT2D eigenvalue weighted by Crippen LogP contribution is -2.05. The lowest BCUT2D eigenvalue weighted by molar-refractivity contribution is 0.147. The lowest BCUT2D eigenvalue weighted by Gasteiger charge is -2.10. The van der Waals surface area contributed by atoms with Crippen molar-refractivity contribution in [2.75, 3.05) is 6.61 Å². The molecule has 0 aliphatic rings. The van der Waals surface area contributed by atoms with Gasteiger partial charge in [-0.15, -0.1) is 0 Å². The number of aliphatic hydroxyl groups is 2. The number of rotatable bonds is 26. The van der Waals surface area contributed by atoms with Crippen molar-refractivity contribution in [3.05, 3.63) is 0 Å². The molecule has 0 saturated heterocycles. The Hall–Kier alpha value is -0.0800. The van der Waals surface area contributed by atoms with E-state index in [9.17, 15) is 5.11 Å². The maximum atomic E-state index is 10.1. The Morgan fingerprint density at radius 2 is 0.667 bits per heavy atom. The summed E-state index contributed by atoms with van der Waals surface area (Å²) in [6, 6.07) is 0. The van der Waals surface area contributed by atoms with Gasteiger partial charge in [-0.2, -0.15) is 0 Å². The van der Waals surface area contributed by atoms with Crippen molar-refractivity contribution in [2.45, 2.75) is 174 Å². The molecule has 0 heterocycles. The summed E-state index contributed by atoms with van der Waals surface area (Å²) in [7, 11) is 0. The predicted molar refractivity (Wildman–Crippen MR) is 134 cm³/mol. The first-order valence-electron chi connectivity index (χ1n) is 14.1. The normalized spacial score (nSPS) is 12.5. The highest BCUT2D eigenvalue weighted by Gasteiger charge is 2.03. The van der Waals surface area contributed by atoms with Crippen molar-refractivity contribution in [3.63, 3.8) is 0 Å². The molecule has 0 bridgehead atoms. The van der Waals surface area contributed by atoms with E-state index < -0.39 is 0 Å². The van der Waals surface area contributed by atoms with Crippen LogP contribution in [-0.2, 0) is 0 Å². The largest absolute Gasteiger partial charge is 0.396 e. The zero-order valence-corrected chi connectivity index (χ0v) is 20.9. The van der Waals surface area contributed by atoms with Gasteiger partial charge in [0.1, 0.15) is 0 Å². The number of unbranched alkanes of at least 4 members (excludes halogenated alkanes) is 21. The fourth-order valence-corrected chi connectivity index (χ4v) is 4.45. The standard InChI is InChI=1S/C28H58O2/c1-2-3-4-5-6-7-8-9-10-11-12-13-14-15-16-19-22-25-28(30)26-23-20-17-18-21-24-27-29/h28-30H,2-27H2,1H3/t28-/m0/s1.